The van der Waals surface area contributed by atoms with Gasteiger partial charge in [-0.25, -0.2) is 0 Å². The van der Waals surface area contributed by atoms with Crippen LogP contribution in [0.15, 0.2) is 0 Å². The van der Waals surface area contributed by atoms with Gasteiger partial charge in [0.2, 0.25) is 0 Å². The first-order valence-electron chi connectivity index (χ1n) is 5.89. The summed E-state index contributed by atoms with van der Waals surface area (Å²) in [6.07, 6.45) is 3.15. The lowest BCUT2D eigenvalue weighted by atomic mass is 10.00. The number of nitrogens with zero attached hydrogens (tertiary/aromatic N) is 1. The molecule has 15 heavy (non-hydrogen) atoms. The highest BCUT2D eigenvalue weighted by atomic mass is 16.4. The van der Waals surface area contributed by atoms with Crippen molar-refractivity contribution in [1.29, 1.82) is 0 Å². The fourth-order valence-corrected chi connectivity index (χ4v) is 2.95. The quantitative estimate of drug-likeness (QED) is 0.701. The van der Waals surface area contributed by atoms with Crippen LogP contribution in [0.5, 0.6) is 0 Å². The second-order valence-corrected chi connectivity index (χ2v) is 4.69. The Balaban J connectivity index is 1.96. The minimum Gasteiger partial charge on any atom is -0.481 e. The molecule has 0 aromatic heterocycles. The van der Waals surface area contributed by atoms with Gasteiger partial charge in [-0.2, -0.15) is 0 Å². The smallest absolute Gasteiger partial charge is 0.308 e. The number of nitrogens with one attached hydrogen (secondary N) is 1. The lowest BCUT2D eigenvalue weighted by Gasteiger charge is -2.35. The van der Waals surface area contributed by atoms with Gasteiger partial charge < -0.3 is 10.4 Å². The van der Waals surface area contributed by atoms with Crippen molar-refractivity contribution in [2.24, 2.45) is 5.92 Å². The molecule has 2 atom stereocenters. The molecule has 2 saturated heterocycles. The summed E-state index contributed by atoms with van der Waals surface area (Å²) in [7, 11) is 0. The number of likely N-dealkylation sites (tertiary alicyclic amines) is 1. The average molecular weight is 212 g/mol. The summed E-state index contributed by atoms with van der Waals surface area (Å²) in [4.78, 5) is 13.4. The molecule has 0 saturated carbocycles. The third-order valence-electron chi connectivity index (χ3n) is 3.90. The average Bonchev–Trinajstić information content (AvgIpc) is 2.61. The summed E-state index contributed by atoms with van der Waals surface area (Å²) in [5, 5.41) is 12.4. The molecule has 0 aromatic carbocycles. The Morgan fingerprint density at radius 2 is 2.00 bits per heavy atom. The molecule has 0 spiro atoms. The number of carboxylic acid groups (broad SMARTS) is 1. The Labute approximate surface area is 90.6 Å². The van der Waals surface area contributed by atoms with Crippen LogP contribution in [0, 0.1) is 5.92 Å². The van der Waals surface area contributed by atoms with E-state index in [2.05, 4.69) is 17.1 Å². The first-order chi connectivity index (χ1) is 7.20. The number of piperidine rings is 1. The number of hydrogen-bond donors (Lipinski definition) is 2. The molecule has 0 radical (unpaired) electrons. The molecule has 2 aliphatic heterocycles. The molecule has 0 aliphatic carbocycles. The van der Waals surface area contributed by atoms with Crippen molar-refractivity contribution in [1.82, 2.24) is 10.2 Å². The van der Waals surface area contributed by atoms with E-state index in [4.69, 9.17) is 5.11 Å². The van der Waals surface area contributed by atoms with Crippen LogP contribution in [0.1, 0.15) is 26.2 Å². The summed E-state index contributed by atoms with van der Waals surface area (Å²) < 4.78 is 0. The topological polar surface area (TPSA) is 52.6 Å². The maximum absolute atomic E-state index is 11.0. The van der Waals surface area contributed by atoms with E-state index in [1.54, 1.807) is 0 Å². The third-order valence-corrected chi connectivity index (χ3v) is 3.90. The van der Waals surface area contributed by atoms with Gasteiger partial charge in [-0.3, -0.25) is 9.69 Å². The molecule has 2 unspecified atom stereocenters. The Morgan fingerprint density at radius 1 is 1.33 bits per heavy atom. The minimum atomic E-state index is -0.626. The van der Waals surface area contributed by atoms with E-state index in [0.717, 1.165) is 38.9 Å². The molecule has 4 nitrogen and oxygen atoms in total. The Kier molecular flexibility index (Phi) is 3.26. The van der Waals surface area contributed by atoms with Crippen molar-refractivity contribution in [3.05, 3.63) is 0 Å². The number of hydrogen-bond acceptors (Lipinski definition) is 3. The van der Waals surface area contributed by atoms with Crippen molar-refractivity contribution in [3.63, 3.8) is 0 Å². The zero-order valence-corrected chi connectivity index (χ0v) is 9.28. The van der Waals surface area contributed by atoms with Crippen LogP contribution in [0.25, 0.3) is 0 Å². The summed E-state index contributed by atoms with van der Waals surface area (Å²) in [5.41, 5.74) is 0. The van der Waals surface area contributed by atoms with Gasteiger partial charge in [0, 0.05) is 12.1 Å². The fourth-order valence-electron chi connectivity index (χ4n) is 2.95. The van der Waals surface area contributed by atoms with E-state index in [0.29, 0.717) is 6.04 Å². The predicted octanol–water partition coefficient (Wildman–Crippen LogP) is 0.533. The largest absolute Gasteiger partial charge is 0.481 e. The van der Waals surface area contributed by atoms with Gasteiger partial charge in [0.1, 0.15) is 0 Å². The highest BCUT2D eigenvalue weighted by molar-refractivity contribution is 5.71. The van der Waals surface area contributed by atoms with Crippen molar-refractivity contribution >= 4 is 5.97 Å². The molecule has 2 heterocycles. The maximum Gasteiger partial charge on any atom is 0.308 e. The van der Waals surface area contributed by atoms with Gasteiger partial charge in [0.25, 0.3) is 0 Å². The fraction of sp³-hybridized carbons (Fsp3) is 0.909. The molecular formula is C11H20N2O2. The van der Waals surface area contributed by atoms with Crippen LogP contribution >= 0.6 is 0 Å². The molecule has 0 bridgehead atoms. The van der Waals surface area contributed by atoms with Crippen LogP contribution < -0.4 is 5.32 Å². The van der Waals surface area contributed by atoms with Crippen LogP contribution in [0.3, 0.4) is 0 Å². The van der Waals surface area contributed by atoms with Gasteiger partial charge in [-0.1, -0.05) is 0 Å². The second kappa shape index (κ2) is 4.49. The van der Waals surface area contributed by atoms with E-state index < -0.39 is 5.97 Å². The van der Waals surface area contributed by atoms with Gasteiger partial charge in [-0.15, -0.1) is 0 Å². The van der Waals surface area contributed by atoms with Crippen LogP contribution in [-0.2, 0) is 4.79 Å². The van der Waals surface area contributed by atoms with E-state index in [1.807, 2.05) is 0 Å². The first-order valence-corrected chi connectivity index (χ1v) is 5.89. The van der Waals surface area contributed by atoms with Crippen LogP contribution in [-0.4, -0.2) is 47.7 Å². The highest BCUT2D eigenvalue weighted by Crippen LogP contribution is 2.28. The molecular weight excluding hydrogens is 192 g/mol. The number of rotatable bonds is 2. The zero-order chi connectivity index (χ0) is 10.8. The van der Waals surface area contributed by atoms with E-state index >= 15 is 0 Å². The van der Waals surface area contributed by atoms with Crippen LogP contribution in [0.2, 0.25) is 0 Å². The van der Waals surface area contributed by atoms with Crippen molar-refractivity contribution in [2.45, 2.75) is 38.3 Å². The van der Waals surface area contributed by atoms with Crippen LogP contribution in [0.4, 0.5) is 0 Å². The van der Waals surface area contributed by atoms with Gasteiger partial charge >= 0.3 is 5.97 Å². The second-order valence-electron chi connectivity index (χ2n) is 4.69. The maximum atomic E-state index is 11.0. The molecule has 86 valence electrons. The van der Waals surface area contributed by atoms with Crippen molar-refractivity contribution in [2.75, 3.05) is 19.6 Å². The molecule has 0 aromatic rings. The van der Waals surface area contributed by atoms with Gasteiger partial charge in [0.05, 0.1) is 5.92 Å². The standard InChI is InChI=1S/C11H20N2O2/c1-8-10(11(14)15)4-7-13(8)9-2-5-12-6-3-9/h8-10,12H,2-7H2,1H3,(H,14,15). The van der Waals surface area contributed by atoms with Gasteiger partial charge in [0.15, 0.2) is 0 Å². The molecule has 4 heteroatoms. The van der Waals surface area contributed by atoms with E-state index in [-0.39, 0.29) is 12.0 Å². The minimum absolute atomic E-state index is 0.153. The highest BCUT2D eigenvalue weighted by Gasteiger charge is 2.38. The molecule has 0 amide bonds. The van der Waals surface area contributed by atoms with Crippen molar-refractivity contribution in [3.8, 4) is 0 Å². The molecule has 2 fully saturated rings. The van der Waals surface area contributed by atoms with E-state index in [1.165, 1.54) is 0 Å². The van der Waals surface area contributed by atoms with Gasteiger partial charge in [-0.05, 0) is 45.8 Å². The molecule has 2 N–H and O–H groups in total. The monoisotopic (exact) mass is 212 g/mol. The molecule has 2 rings (SSSR count). The molecule has 2 aliphatic rings. The summed E-state index contributed by atoms with van der Waals surface area (Å²) >= 11 is 0. The summed E-state index contributed by atoms with van der Waals surface area (Å²) in [5.74, 6) is -0.779. The van der Waals surface area contributed by atoms with E-state index in [9.17, 15) is 4.79 Å². The lowest BCUT2D eigenvalue weighted by Crippen LogP contribution is -2.46. The van der Waals surface area contributed by atoms with Crippen molar-refractivity contribution < 1.29 is 9.90 Å². The summed E-state index contributed by atoms with van der Waals surface area (Å²) in [6, 6.07) is 0.816. The number of aliphatic carboxylic acids is 1. The lowest BCUT2D eigenvalue weighted by molar-refractivity contribution is -0.142. The Hall–Kier alpha value is -0.610. The first kappa shape index (κ1) is 10.9. The SMILES string of the molecule is CC1C(C(=O)O)CCN1C1CCNCC1. The number of carbonyl (C=O) groups is 1. The summed E-state index contributed by atoms with van der Waals surface area (Å²) in [6.45, 7) is 5.17. The normalized spacial score (nSPS) is 34.5. The Morgan fingerprint density at radius 3 is 2.53 bits per heavy atom. The predicted molar refractivity (Wildman–Crippen MR) is 57.8 cm³/mol. The third kappa shape index (κ3) is 2.16. The Bertz CT molecular complexity index is 239. The number of carboxylic acids is 1. The zero-order valence-electron chi connectivity index (χ0n) is 9.28.